The lowest BCUT2D eigenvalue weighted by atomic mass is 10.1. The molecule has 0 spiro atoms. The number of halogens is 2. The quantitative estimate of drug-likeness (QED) is 0.190. The number of nitro groups is 1. The molecule has 0 radical (unpaired) electrons. The molecular formula is C16H12BF2NO5. The minimum Gasteiger partial charge on any atom is -0.505 e. The maximum atomic E-state index is 12.7. The van der Waals surface area contributed by atoms with Crippen molar-refractivity contribution in [2.45, 2.75) is 0 Å². The number of non-ortho nitro benzene ring substituents is 1. The standard InChI is InChI=1S/C16H12BF2NO5/c1-24-14-7-5-11(6-8-14)15(21)10-16(25-17(18)19)12-3-2-4-13(9-12)20(22)23/h2-10H,1H3/b16-10-. The number of ketones is 1. The van der Waals surface area contributed by atoms with Gasteiger partial charge < -0.3 is 9.39 Å². The number of methoxy groups -OCH3 is 1. The minimum absolute atomic E-state index is 0.00337. The van der Waals surface area contributed by atoms with Crippen molar-refractivity contribution in [2.24, 2.45) is 0 Å². The van der Waals surface area contributed by atoms with Gasteiger partial charge in [0.25, 0.3) is 5.69 Å². The monoisotopic (exact) mass is 347 g/mol. The lowest BCUT2D eigenvalue weighted by Crippen LogP contribution is -2.07. The molecule has 0 aliphatic heterocycles. The molecule has 25 heavy (non-hydrogen) atoms. The molecule has 6 nitrogen and oxygen atoms in total. The molecule has 0 bridgehead atoms. The van der Waals surface area contributed by atoms with Crippen LogP contribution in [0.5, 0.6) is 5.75 Å². The Labute approximate surface area is 142 Å². The first-order valence-electron chi connectivity index (χ1n) is 7.00. The van der Waals surface area contributed by atoms with E-state index in [1.54, 1.807) is 12.1 Å². The fourth-order valence-corrected chi connectivity index (χ4v) is 2.01. The van der Waals surface area contributed by atoms with Crippen molar-refractivity contribution >= 4 is 24.7 Å². The molecule has 0 saturated carbocycles. The molecule has 0 aromatic heterocycles. The third kappa shape index (κ3) is 4.87. The molecule has 0 heterocycles. The highest BCUT2D eigenvalue weighted by atomic mass is 19.2. The van der Waals surface area contributed by atoms with Gasteiger partial charge in [-0.25, -0.2) is 8.63 Å². The highest BCUT2D eigenvalue weighted by molar-refractivity contribution is 6.36. The molecule has 0 atom stereocenters. The zero-order valence-corrected chi connectivity index (χ0v) is 13.0. The number of carbonyl (C=O) groups excluding carboxylic acids is 1. The summed E-state index contributed by atoms with van der Waals surface area (Å²) in [7, 11) is -1.72. The van der Waals surface area contributed by atoms with E-state index in [2.05, 4.69) is 4.65 Å². The molecule has 9 heteroatoms. The second-order valence-corrected chi connectivity index (χ2v) is 4.79. The van der Waals surface area contributed by atoms with Crippen LogP contribution in [0.2, 0.25) is 0 Å². The van der Waals surface area contributed by atoms with Gasteiger partial charge in [-0.1, -0.05) is 12.1 Å². The summed E-state index contributed by atoms with van der Waals surface area (Å²) in [6, 6.07) is 10.9. The van der Waals surface area contributed by atoms with Gasteiger partial charge in [-0.2, -0.15) is 0 Å². The molecule has 0 fully saturated rings. The first-order chi connectivity index (χ1) is 11.9. The normalized spacial score (nSPS) is 10.9. The summed E-state index contributed by atoms with van der Waals surface area (Å²) in [5.74, 6) is -0.521. The average molecular weight is 347 g/mol. The number of allylic oxidation sites excluding steroid dienone is 1. The molecule has 0 unspecified atom stereocenters. The van der Waals surface area contributed by atoms with Gasteiger partial charge in [0.2, 0.25) is 0 Å². The largest absolute Gasteiger partial charge is 0.796 e. The van der Waals surface area contributed by atoms with Crippen LogP contribution in [-0.2, 0) is 4.65 Å². The number of carbonyl (C=O) groups is 1. The van der Waals surface area contributed by atoms with E-state index in [0.717, 1.165) is 12.1 Å². The Morgan fingerprint density at radius 3 is 2.40 bits per heavy atom. The first-order valence-corrected chi connectivity index (χ1v) is 7.00. The van der Waals surface area contributed by atoms with Crippen LogP contribution in [0.15, 0.2) is 54.6 Å². The van der Waals surface area contributed by atoms with Gasteiger partial charge in [-0.05, 0) is 24.3 Å². The van der Waals surface area contributed by atoms with Crippen molar-refractivity contribution in [3.05, 3.63) is 75.8 Å². The molecule has 0 aliphatic carbocycles. The van der Waals surface area contributed by atoms with Gasteiger partial charge in [0.1, 0.15) is 11.5 Å². The first kappa shape index (κ1) is 18.1. The third-order valence-electron chi connectivity index (χ3n) is 3.19. The lowest BCUT2D eigenvalue weighted by molar-refractivity contribution is -0.384. The molecular weight excluding hydrogens is 335 g/mol. The number of rotatable bonds is 7. The second-order valence-electron chi connectivity index (χ2n) is 4.79. The second kappa shape index (κ2) is 8.05. The van der Waals surface area contributed by atoms with E-state index in [0.29, 0.717) is 5.75 Å². The highest BCUT2D eigenvalue weighted by Crippen LogP contribution is 2.23. The van der Waals surface area contributed by atoms with Crippen LogP contribution in [-0.4, -0.2) is 25.3 Å². The third-order valence-corrected chi connectivity index (χ3v) is 3.19. The maximum Gasteiger partial charge on any atom is 0.796 e. The SMILES string of the molecule is COc1ccc(C(=O)/C=C(\OB(F)F)c2cccc([N+](=O)[O-])c2)cc1. The molecule has 0 N–H and O–H groups in total. The van der Waals surface area contributed by atoms with E-state index in [9.17, 15) is 23.5 Å². The molecule has 2 rings (SSSR count). The maximum absolute atomic E-state index is 12.7. The fraction of sp³-hybridized carbons (Fsp3) is 0.0625. The fourth-order valence-electron chi connectivity index (χ4n) is 2.01. The van der Waals surface area contributed by atoms with E-state index in [4.69, 9.17) is 4.74 Å². The summed E-state index contributed by atoms with van der Waals surface area (Å²) in [4.78, 5) is 22.4. The highest BCUT2D eigenvalue weighted by Gasteiger charge is 2.22. The van der Waals surface area contributed by atoms with Gasteiger partial charge in [0.15, 0.2) is 5.78 Å². The number of nitrogens with zero attached hydrogens (tertiary/aromatic N) is 1. The molecule has 0 aliphatic rings. The van der Waals surface area contributed by atoms with Crippen LogP contribution in [0.4, 0.5) is 14.3 Å². The van der Waals surface area contributed by atoms with Crippen molar-refractivity contribution in [2.75, 3.05) is 7.11 Å². The Morgan fingerprint density at radius 1 is 1.16 bits per heavy atom. The summed E-state index contributed by atoms with van der Waals surface area (Å²) in [6.45, 7) is 0. The van der Waals surface area contributed by atoms with Crippen LogP contribution in [0, 0.1) is 10.1 Å². The predicted molar refractivity (Wildman–Crippen MR) is 87.5 cm³/mol. The molecule has 0 saturated heterocycles. The van der Waals surface area contributed by atoms with Crippen molar-refractivity contribution in [3.8, 4) is 5.75 Å². The molecule has 2 aromatic rings. The van der Waals surface area contributed by atoms with Crippen LogP contribution >= 0.6 is 0 Å². The Kier molecular flexibility index (Phi) is 5.83. The lowest BCUT2D eigenvalue weighted by Gasteiger charge is -2.09. The van der Waals surface area contributed by atoms with Gasteiger partial charge >= 0.3 is 7.47 Å². The van der Waals surface area contributed by atoms with E-state index in [-0.39, 0.29) is 16.8 Å². The number of nitro benzene ring substituents is 1. The van der Waals surface area contributed by atoms with Crippen LogP contribution in [0.1, 0.15) is 15.9 Å². The Balaban J connectivity index is 2.38. The van der Waals surface area contributed by atoms with E-state index in [1.165, 1.54) is 37.4 Å². The Hall–Kier alpha value is -3.23. The summed E-state index contributed by atoms with van der Waals surface area (Å²) >= 11 is 0. The Morgan fingerprint density at radius 2 is 1.84 bits per heavy atom. The minimum atomic E-state index is -3.19. The van der Waals surface area contributed by atoms with Crippen molar-refractivity contribution in [3.63, 3.8) is 0 Å². The number of hydrogen-bond acceptors (Lipinski definition) is 5. The summed E-state index contributed by atoms with van der Waals surface area (Å²) < 4.78 is 34.7. The van der Waals surface area contributed by atoms with Crippen molar-refractivity contribution < 1.29 is 27.7 Å². The molecule has 2 aromatic carbocycles. The van der Waals surface area contributed by atoms with Crippen LogP contribution < -0.4 is 4.74 Å². The van der Waals surface area contributed by atoms with E-state index in [1.807, 2.05) is 0 Å². The molecule has 0 amide bonds. The van der Waals surface area contributed by atoms with E-state index >= 15 is 0 Å². The topological polar surface area (TPSA) is 78.7 Å². The summed E-state index contributed by atoms with van der Waals surface area (Å²) in [5, 5.41) is 10.8. The van der Waals surface area contributed by atoms with E-state index < -0.39 is 23.9 Å². The smallest absolute Gasteiger partial charge is 0.505 e. The number of ether oxygens (including phenoxy) is 1. The van der Waals surface area contributed by atoms with Gasteiger partial charge in [0, 0.05) is 29.3 Å². The zero-order chi connectivity index (χ0) is 18.4. The average Bonchev–Trinajstić information content (AvgIpc) is 2.61. The molecule has 128 valence electrons. The number of hydrogen-bond donors (Lipinski definition) is 0. The predicted octanol–water partition coefficient (Wildman–Crippen LogP) is 3.77. The van der Waals surface area contributed by atoms with Crippen LogP contribution in [0.3, 0.4) is 0 Å². The van der Waals surface area contributed by atoms with Gasteiger partial charge in [0.05, 0.1) is 12.0 Å². The van der Waals surface area contributed by atoms with Gasteiger partial charge in [-0.15, -0.1) is 0 Å². The van der Waals surface area contributed by atoms with Crippen molar-refractivity contribution in [1.29, 1.82) is 0 Å². The summed E-state index contributed by atoms with van der Waals surface area (Å²) in [5.41, 5.74) is -0.0869. The zero-order valence-electron chi connectivity index (χ0n) is 13.0. The Bertz CT molecular complexity index is 808. The van der Waals surface area contributed by atoms with Crippen molar-refractivity contribution in [1.82, 2.24) is 0 Å². The number of benzene rings is 2. The summed E-state index contributed by atoms with van der Waals surface area (Å²) in [6.07, 6.45) is 0.868. The van der Waals surface area contributed by atoms with Crippen LogP contribution in [0.25, 0.3) is 5.76 Å². The van der Waals surface area contributed by atoms with Gasteiger partial charge in [-0.3, -0.25) is 14.9 Å².